The van der Waals surface area contributed by atoms with Gasteiger partial charge in [0.05, 0.1) is 6.54 Å². The van der Waals surface area contributed by atoms with Crippen molar-refractivity contribution in [1.29, 1.82) is 0 Å². The van der Waals surface area contributed by atoms with E-state index in [1.54, 1.807) is 4.90 Å². The van der Waals surface area contributed by atoms with Gasteiger partial charge in [0.1, 0.15) is 11.4 Å². The molecule has 1 atom stereocenters. The maximum Gasteiger partial charge on any atom is 0.325 e. The molecule has 0 aliphatic carbocycles. The molecule has 100 valence electrons. The molecule has 0 aromatic carbocycles. The second-order valence-electron chi connectivity index (χ2n) is 4.45. The van der Waals surface area contributed by atoms with E-state index in [4.69, 9.17) is 10.8 Å². The first-order valence-electron chi connectivity index (χ1n) is 5.47. The number of halogens is 2. The Balaban J connectivity index is 2.04. The van der Waals surface area contributed by atoms with Crippen LogP contribution in [0.25, 0.3) is 0 Å². The van der Waals surface area contributed by atoms with E-state index < -0.39 is 18.1 Å². The zero-order valence-corrected chi connectivity index (χ0v) is 9.59. The summed E-state index contributed by atoms with van der Waals surface area (Å²) < 4.78 is 26.0. The SMILES string of the molecule is NC1(C(=O)O)CCN(Cc2nccn2C(F)F)C1. The fourth-order valence-electron chi connectivity index (χ4n) is 2.07. The van der Waals surface area contributed by atoms with Crippen LogP contribution in [-0.2, 0) is 11.3 Å². The smallest absolute Gasteiger partial charge is 0.325 e. The summed E-state index contributed by atoms with van der Waals surface area (Å²) >= 11 is 0. The van der Waals surface area contributed by atoms with Gasteiger partial charge in [-0.25, -0.2) is 4.98 Å². The average Bonchev–Trinajstić information content (AvgIpc) is 2.87. The molecule has 18 heavy (non-hydrogen) atoms. The number of alkyl halides is 2. The Labute approximate surface area is 102 Å². The number of imidazole rings is 1. The number of aromatic nitrogens is 2. The van der Waals surface area contributed by atoms with Crippen molar-refractivity contribution in [2.75, 3.05) is 13.1 Å². The number of nitrogens with zero attached hydrogens (tertiary/aromatic N) is 3. The predicted molar refractivity (Wildman–Crippen MR) is 57.9 cm³/mol. The van der Waals surface area contributed by atoms with Crippen LogP contribution >= 0.6 is 0 Å². The van der Waals surface area contributed by atoms with Crippen molar-refractivity contribution in [2.45, 2.75) is 25.1 Å². The minimum Gasteiger partial charge on any atom is -0.480 e. The van der Waals surface area contributed by atoms with E-state index in [9.17, 15) is 13.6 Å². The largest absolute Gasteiger partial charge is 0.480 e. The van der Waals surface area contributed by atoms with E-state index in [1.165, 1.54) is 12.4 Å². The van der Waals surface area contributed by atoms with Gasteiger partial charge in [0.15, 0.2) is 0 Å². The molecule has 8 heteroatoms. The Morgan fingerprint density at radius 2 is 2.39 bits per heavy atom. The molecular weight excluding hydrogens is 246 g/mol. The second-order valence-corrected chi connectivity index (χ2v) is 4.45. The number of rotatable bonds is 4. The molecule has 2 heterocycles. The Hall–Kier alpha value is -1.54. The number of hydrogen-bond donors (Lipinski definition) is 2. The van der Waals surface area contributed by atoms with Crippen molar-refractivity contribution in [3.63, 3.8) is 0 Å². The normalized spacial score (nSPS) is 24.9. The van der Waals surface area contributed by atoms with Crippen molar-refractivity contribution in [3.05, 3.63) is 18.2 Å². The zero-order chi connectivity index (χ0) is 13.3. The fourth-order valence-corrected chi connectivity index (χ4v) is 2.07. The highest BCUT2D eigenvalue weighted by molar-refractivity contribution is 5.79. The van der Waals surface area contributed by atoms with E-state index in [1.807, 2.05) is 0 Å². The summed E-state index contributed by atoms with van der Waals surface area (Å²) in [5.41, 5.74) is 4.41. The molecule has 1 aromatic heterocycles. The Morgan fingerprint density at radius 1 is 1.67 bits per heavy atom. The lowest BCUT2D eigenvalue weighted by Crippen LogP contribution is -2.50. The van der Waals surface area contributed by atoms with Crippen molar-refractivity contribution in [2.24, 2.45) is 5.73 Å². The standard InChI is InChI=1S/C10H14F2N4O2/c11-9(12)16-4-2-14-7(16)5-15-3-1-10(13,6-15)8(17)18/h2,4,9H,1,3,5-6,13H2,(H,17,18). The molecule has 3 N–H and O–H groups in total. The van der Waals surface area contributed by atoms with Crippen LogP contribution in [-0.4, -0.2) is 44.2 Å². The van der Waals surface area contributed by atoms with Crippen LogP contribution in [0.3, 0.4) is 0 Å². The maximum atomic E-state index is 12.6. The molecule has 1 unspecified atom stereocenters. The average molecular weight is 260 g/mol. The number of carboxylic acids is 1. The maximum absolute atomic E-state index is 12.6. The molecule has 1 saturated heterocycles. The summed E-state index contributed by atoms with van der Waals surface area (Å²) in [6.45, 7) is -1.88. The summed E-state index contributed by atoms with van der Waals surface area (Å²) in [7, 11) is 0. The lowest BCUT2D eigenvalue weighted by atomic mass is 10.0. The summed E-state index contributed by atoms with van der Waals surface area (Å²) in [6, 6.07) is 0. The Kier molecular flexibility index (Phi) is 3.31. The molecule has 1 aliphatic rings. The van der Waals surface area contributed by atoms with E-state index in [-0.39, 0.29) is 18.9 Å². The lowest BCUT2D eigenvalue weighted by molar-refractivity contribution is -0.142. The van der Waals surface area contributed by atoms with Gasteiger partial charge < -0.3 is 10.8 Å². The molecule has 0 spiro atoms. The number of nitrogens with two attached hydrogens (primary N) is 1. The summed E-state index contributed by atoms with van der Waals surface area (Å²) in [4.78, 5) is 16.5. The highest BCUT2D eigenvalue weighted by Crippen LogP contribution is 2.22. The van der Waals surface area contributed by atoms with Gasteiger partial charge in [0.2, 0.25) is 0 Å². The summed E-state index contributed by atoms with van der Waals surface area (Å²) in [5, 5.41) is 8.97. The molecular formula is C10H14F2N4O2. The van der Waals surface area contributed by atoms with Gasteiger partial charge >= 0.3 is 12.5 Å². The summed E-state index contributed by atoms with van der Waals surface area (Å²) in [6.07, 6.45) is 2.80. The first-order valence-corrected chi connectivity index (χ1v) is 5.47. The molecule has 0 bridgehead atoms. The monoisotopic (exact) mass is 260 g/mol. The van der Waals surface area contributed by atoms with Crippen molar-refractivity contribution >= 4 is 5.97 Å². The first kappa shape index (κ1) is 12.9. The van der Waals surface area contributed by atoms with Gasteiger partial charge in [-0.05, 0) is 6.42 Å². The highest BCUT2D eigenvalue weighted by atomic mass is 19.3. The van der Waals surface area contributed by atoms with Crippen molar-refractivity contribution < 1.29 is 18.7 Å². The molecule has 0 saturated carbocycles. The van der Waals surface area contributed by atoms with Gasteiger partial charge in [0, 0.05) is 25.5 Å². The number of aliphatic carboxylic acids is 1. The second kappa shape index (κ2) is 4.62. The molecule has 1 fully saturated rings. The van der Waals surface area contributed by atoms with Crippen LogP contribution in [0.5, 0.6) is 0 Å². The van der Waals surface area contributed by atoms with Crippen molar-refractivity contribution in [3.8, 4) is 0 Å². The fraction of sp³-hybridized carbons (Fsp3) is 0.600. The van der Waals surface area contributed by atoms with Gasteiger partial charge in [-0.1, -0.05) is 0 Å². The number of carbonyl (C=O) groups is 1. The first-order chi connectivity index (χ1) is 8.42. The van der Waals surface area contributed by atoms with E-state index in [0.717, 1.165) is 4.57 Å². The Morgan fingerprint density at radius 3 is 2.94 bits per heavy atom. The number of hydrogen-bond acceptors (Lipinski definition) is 4. The van der Waals surface area contributed by atoms with Gasteiger partial charge in [-0.15, -0.1) is 0 Å². The van der Waals surface area contributed by atoms with Crippen LogP contribution in [0, 0.1) is 0 Å². The van der Waals surface area contributed by atoms with Crippen LogP contribution in [0.2, 0.25) is 0 Å². The molecule has 1 aliphatic heterocycles. The van der Waals surface area contributed by atoms with Crippen LogP contribution in [0.1, 0.15) is 18.8 Å². The molecule has 1 aromatic rings. The topological polar surface area (TPSA) is 84.4 Å². The van der Waals surface area contributed by atoms with Gasteiger partial charge in [-0.3, -0.25) is 14.3 Å². The minimum atomic E-state index is -2.65. The van der Waals surface area contributed by atoms with E-state index in [2.05, 4.69) is 4.98 Å². The summed E-state index contributed by atoms with van der Waals surface area (Å²) in [5.74, 6) is -0.859. The Bertz CT molecular complexity index is 451. The third-order valence-corrected chi connectivity index (χ3v) is 3.13. The van der Waals surface area contributed by atoms with Gasteiger partial charge in [-0.2, -0.15) is 8.78 Å². The third kappa shape index (κ3) is 2.34. The van der Waals surface area contributed by atoms with Crippen molar-refractivity contribution in [1.82, 2.24) is 14.5 Å². The molecule has 0 amide bonds. The molecule has 0 radical (unpaired) electrons. The highest BCUT2D eigenvalue weighted by Gasteiger charge is 2.41. The number of carboxylic acid groups (broad SMARTS) is 1. The minimum absolute atomic E-state index is 0.137. The van der Waals surface area contributed by atoms with Crippen LogP contribution < -0.4 is 5.73 Å². The third-order valence-electron chi connectivity index (χ3n) is 3.13. The molecule has 2 rings (SSSR count). The predicted octanol–water partition coefficient (Wildman–Crippen LogP) is 0.266. The quantitative estimate of drug-likeness (QED) is 0.811. The van der Waals surface area contributed by atoms with Gasteiger partial charge in [0.25, 0.3) is 0 Å². The number of likely N-dealkylation sites (tertiary alicyclic amines) is 1. The molecule has 6 nitrogen and oxygen atoms in total. The van der Waals surface area contributed by atoms with Crippen LogP contribution in [0.4, 0.5) is 8.78 Å². The lowest BCUT2D eigenvalue weighted by Gasteiger charge is -2.20. The zero-order valence-electron chi connectivity index (χ0n) is 9.59. The van der Waals surface area contributed by atoms with E-state index in [0.29, 0.717) is 13.0 Å². The van der Waals surface area contributed by atoms with Crippen LogP contribution in [0.15, 0.2) is 12.4 Å². The van der Waals surface area contributed by atoms with E-state index >= 15 is 0 Å².